The van der Waals surface area contributed by atoms with Crippen molar-refractivity contribution in [1.82, 2.24) is 4.98 Å². The molecule has 0 aliphatic rings. The van der Waals surface area contributed by atoms with E-state index in [9.17, 15) is 5.11 Å². The van der Waals surface area contributed by atoms with Gasteiger partial charge in [-0.2, -0.15) is 0 Å². The largest absolute Gasteiger partial charge is 0.388 e. The van der Waals surface area contributed by atoms with E-state index in [4.69, 9.17) is 0 Å². The lowest BCUT2D eigenvalue weighted by molar-refractivity contribution is 0.178. The van der Waals surface area contributed by atoms with Crippen molar-refractivity contribution in [3.8, 4) is 0 Å². The predicted molar refractivity (Wildman–Crippen MR) is 69.9 cm³/mol. The minimum absolute atomic E-state index is 0.432. The van der Waals surface area contributed by atoms with E-state index in [1.54, 1.807) is 16.8 Å². The number of hydrogen-bond acceptors (Lipinski definition) is 3. The first-order valence-electron chi connectivity index (χ1n) is 4.57. The van der Waals surface area contributed by atoms with Gasteiger partial charge in [0.1, 0.15) is 0 Å². The molecule has 1 atom stereocenters. The van der Waals surface area contributed by atoms with Crippen LogP contribution in [0.3, 0.4) is 0 Å². The first kappa shape index (κ1) is 11.0. The Morgan fingerprint density at radius 3 is 2.87 bits per heavy atom. The Balaban J connectivity index is 2.15. The van der Waals surface area contributed by atoms with E-state index in [0.717, 1.165) is 14.0 Å². The van der Waals surface area contributed by atoms with Gasteiger partial charge in [-0.25, -0.2) is 0 Å². The zero-order chi connectivity index (χ0) is 10.7. The molecule has 0 saturated heterocycles. The number of thiazole rings is 1. The Morgan fingerprint density at radius 2 is 2.20 bits per heavy atom. The zero-order valence-corrected chi connectivity index (χ0v) is 10.9. The Bertz CT molecular complexity index is 430. The molecule has 0 bridgehead atoms. The SMILES string of the molecule is OC(Cc1cncs1)c1ccccc1I. The topological polar surface area (TPSA) is 33.1 Å². The average Bonchev–Trinajstić information content (AvgIpc) is 2.71. The second-order valence-corrected chi connectivity index (χ2v) is 5.34. The first-order chi connectivity index (χ1) is 7.27. The molecule has 2 aromatic rings. The number of aliphatic hydroxyl groups excluding tert-OH is 1. The summed E-state index contributed by atoms with van der Waals surface area (Å²) < 4.78 is 1.10. The Morgan fingerprint density at radius 1 is 1.40 bits per heavy atom. The van der Waals surface area contributed by atoms with E-state index in [0.29, 0.717) is 6.42 Å². The number of benzene rings is 1. The van der Waals surface area contributed by atoms with Gasteiger partial charge in [0, 0.05) is 21.1 Å². The predicted octanol–water partition coefficient (Wildman–Crippen LogP) is 3.02. The normalized spacial score (nSPS) is 12.7. The van der Waals surface area contributed by atoms with Crippen molar-refractivity contribution in [3.63, 3.8) is 0 Å². The minimum atomic E-state index is -0.432. The van der Waals surface area contributed by atoms with Crippen molar-refractivity contribution in [1.29, 1.82) is 0 Å². The van der Waals surface area contributed by atoms with Crippen LogP contribution in [0.1, 0.15) is 16.5 Å². The highest BCUT2D eigenvalue weighted by molar-refractivity contribution is 14.1. The number of aliphatic hydroxyl groups is 1. The number of aromatic nitrogens is 1. The maximum atomic E-state index is 10.0. The summed E-state index contributed by atoms with van der Waals surface area (Å²) in [4.78, 5) is 5.11. The highest BCUT2D eigenvalue weighted by Crippen LogP contribution is 2.24. The van der Waals surface area contributed by atoms with Crippen LogP contribution in [0, 0.1) is 3.57 Å². The molecule has 0 spiro atoms. The summed E-state index contributed by atoms with van der Waals surface area (Å²) in [5, 5.41) is 10.0. The molecule has 4 heteroatoms. The monoisotopic (exact) mass is 331 g/mol. The van der Waals surface area contributed by atoms with Gasteiger partial charge >= 0.3 is 0 Å². The van der Waals surface area contributed by atoms with Gasteiger partial charge in [-0.05, 0) is 34.2 Å². The highest BCUT2D eigenvalue weighted by atomic mass is 127. The lowest BCUT2D eigenvalue weighted by Gasteiger charge is -2.11. The number of nitrogens with zero attached hydrogens (tertiary/aromatic N) is 1. The highest BCUT2D eigenvalue weighted by Gasteiger charge is 2.11. The fourth-order valence-corrected chi connectivity index (χ4v) is 2.77. The zero-order valence-electron chi connectivity index (χ0n) is 7.93. The fourth-order valence-electron chi connectivity index (χ4n) is 1.39. The van der Waals surface area contributed by atoms with E-state index < -0.39 is 6.10 Å². The first-order valence-corrected chi connectivity index (χ1v) is 6.53. The van der Waals surface area contributed by atoms with Crippen molar-refractivity contribution in [2.75, 3.05) is 0 Å². The molecular formula is C11H10INOS. The van der Waals surface area contributed by atoms with E-state index in [2.05, 4.69) is 27.6 Å². The Hall–Kier alpha value is -0.460. The van der Waals surface area contributed by atoms with Crippen LogP contribution in [0.4, 0.5) is 0 Å². The molecular weight excluding hydrogens is 321 g/mol. The van der Waals surface area contributed by atoms with Crippen LogP contribution in [-0.4, -0.2) is 10.1 Å². The number of hydrogen-bond donors (Lipinski definition) is 1. The molecule has 2 rings (SSSR count). The second kappa shape index (κ2) is 5.05. The van der Waals surface area contributed by atoms with Gasteiger partial charge in [-0.15, -0.1) is 11.3 Å². The van der Waals surface area contributed by atoms with Crippen LogP contribution >= 0.6 is 33.9 Å². The lowest BCUT2D eigenvalue weighted by atomic mass is 10.1. The van der Waals surface area contributed by atoms with Crippen LogP contribution < -0.4 is 0 Å². The van der Waals surface area contributed by atoms with Crippen molar-refractivity contribution < 1.29 is 5.11 Å². The van der Waals surface area contributed by atoms with E-state index in [1.807, 2.05) is 30.5 Å². The molecule has 1 aromatic heterocycles. The molecule has 1 unspecified atom stereocenters. The van der Waals surface area contributed by atoms with Crippen molar-refractivity contribution in [2.24, 2.45) is 0 Å². The van der Waals surface area contributed by atoms with Crippen LogP contribution in [0.15, 0.2) is 36.0 Å². The third kappa shape index (κ3) is 2.76. The summed E-state index contributed by atoms with van der Waals surface area (Å²) >= 11 is 3.82. The Kier molecular flexibility index (Phi) is 3.71. The molecule has 0 radical (unpaired) electrons. The molecule has 1 heterocycles. The number of rotatable bonds is 3. The summed E-state index contributed by atoms with van der Waals surface area (Å²) in [7, 11) is 0. The molecule has 0 aliphatic heterocycles. The van der Waals surface area contributed by atoms with Crippen LogP contribution in [0.2, 0.25) is 0 Å². The van der Waals surface area contributed by atoms with Gasteiger partial charge in [-0.1, -0.05) is 18.2 Å². The standard InChI is InChI=1S/C11H10INOS/c12-10-4-2-1-3-9(10)11(14)5-8-6-13-7-15-8/h1-4,6-7,11,14H,5H2. The minimum Gasteiger partial charge on any atom is -0.388 e. The summed E-state index contributed by atoms with van der Waals surface area (Å²) in [5.74, 6) is 0. The van der Waals surface area contributed by atoms with Crippen molar-refractivity contribution >= 4 is 33.9 Å². The summed E-state index contributed by atoms with van der Waals surface area (Å²) in [6.07, 6.45) is 2.02. The maximum Gasteiger partial charge on any atom is 0.0849 e. The molecule has 0 saturated carbocycles. The maximum absolute atomic E-state index is 10.0. The molecule has 0 fully saturated rings. The molecule has 0 amide bonds. The molecule has 15 heavy (non-hydrogen) atoms. The van der Waals surface area contributed by atoms with Crippen LogP contribution in [0.25, 0.3) is 0 Å². The fraction of sp³-hybridized carbons (Fsp3) is 0.182. The molecule has 0 aliphatic carbocycles. The van der Waals surface area contributed by atoms with Gasteiger partial charge in [0.05, 0.1) is 11.6 Å². The molecule has 78 valence electrons. The van der Waals surface area contributed by atoms with Crippen molar-refractivity contribution in [3.05, 3.63) is 50.0 Å². The van der Waals surface area contributed by atoms with Gasteiger partial charge in [0.25, 0.3) is 0 Å². The molecule has 1 aromatic carbocycles. The second-order valence-electron chi connectivity index (χ2n) is 3.21. The van der Waals surface area contributed by atoms with Gasteiger partial charge in [0.15, 0.2) is 0 Å². The summed E-state index contributed by atoms with van der Waals surface area (Å²) in [6.45, 7) is 0. The molecule has 2 nitrogen and oxygen atoms in total. The molecule has 1 N–H and O–H groups in total. The lowest BCUT2D eigenvalue weighted by Crippen LogP contribution is -2.02. The van der Waals surface area contributed by atoms with Crippen LogP contribution in [0.5, 0.6) is 0 Å². The van der Waals surface area contributed by atoms with Gasteiger partial charge in [0.2, 0.25) is 0 Å². The smallest absolute Gasteiger partial charge is 0.0849 e. The third-order valence-corrected chi connectivity index (χ3v) is 3.93. The number of halogens is 1. The van der Waals surface area contributed by atoms with Gasteiger partial charge < -0.3 is 5.11 Å². The average molecular weight is 331 g/mol. The van der Waals surface area contributed by atoms with Gasteiger partial charge in [-0.3, -0.25) is 4.98 Å². The van der Waals surface area contributed by atoms with E-state index in [-0.39, 0.29) is 0 Å². The van der Waals surface area contributed by atoms with Crippen molar-refractivity contribution in [2.45, 2.75) is 12.5 Å². The van der Waals surface area contributed by atoms with E-state index >= 15 is 0 Å². The van der Waals surface area contributed by atoms with Crippen LogP contribution in [-0.2, 0) is 6.42 Å². The summed E-state index contributed by atoms with van der Waals surface area (Å²) in [5.41, 5.74) is 2.78. The Labute approximate surface area is 106 Å². The quantitative estimate of drug-likeness (QED) is 0.877. The van der Waals surface area contributed by atoms with E-state index in [1.165, 1.54) is 0 Å². The summed E-state index contributed by atoms with van der Waals surface area (Å²) in [6, 6.07) is 7.90. The third-order valence-electron chi connectivity index (χ3n) is 2.14.